The van der Waals surface area contributed by atoms with Gasteiger partial charge in [0.2, 0.25) is 0 Å². The Morgan fingerprint density at radius 2 is 1.01 bits per heavy atom. The number of carbonyl (C=O) groups excluding carboxylic acids is 1. The van der Waals surface area contributed by atoms with Crippen LogP contribution in [0.3, 0.4) is 0 Å². The van der Waals surface area contributed by atoms with Crippen LogP contribution >= 0.6 is 0 Å². The van der Waals surface area contributed by atoms with Crippen molar-refractivity contribution in [2.24, 2.45) is 34.5 Å². The van der Waals surface area contributed by atoms with Gasteiger partial charge in [0.1, 0.15) is 128 Å². The van der Waals surface area contributed by atoms with Crippen LogP contribution in [0.5, 0.6) is 0 Å². The lowest BCUT2D eigenvalue weighted by molar-refractivity contribution is -0.402. The molecule has 3 saturated carbocycles. The predicted molar refractivity (Wildman–Crippen MR) is 289 cm³/mol. The number of allylic oxidation sites excluding steroid dienone is 2. The van der Waals surface area contributed by atoms with E-state index in [-0.39, 0.29) is 41.8 Å². The van der Waals surface area contributed by atoms with E-state index in [2.05, 4.69) is 19.9 Å². The number of ether oxygens (including phenoxy) is 12. The Bertz CT molecular complexity index is 2550. The molecule has 0 aromatic rings. The maximum absolute atomic E-state index is 13.1. The van der Waals surface area contributed by atoms with Gasteiger partial charge in [-0.15, -0.1) is 0 Å². The van der Waals surface area contributed by atoms with E-state index >= 15 is 0 Å². The number of fused-ring (bicyclic) bond motifs is 5. The number of hydrogen-bond acceptors (Lipinski definition) is 31. The first kappa shape index (κ1) is 70.0. The van der Waals surface area contributed by atoms with E-state index in [9.17, 15) is 94.4 Å². The molecule has 21 unspecified atom stereocenters. The van der Waals surface area contributed by atoms with Gasteiger partial charge in [-0.3, -0.25) is 9.35 Å². The standard InChI is InChI=1S/C56H90O32S/c1-18(59)24-7-8-25-23-14-28(27-13-22(88-89(73,74)75)9-11-56(27,6)26(23)10-12-55(24,25)5)80-51-43(71)46(34(62)20(3)78-51)85-53-47(86-49-41(69)38(66)32(60)19(2)77-49)37(65)31(17-76-53)83-54-48(40(68)36(64)30(16-58)82-54)87-52-44(72)45(33(61)21(4)79-52)84-50-42(70)39(67)35(63)29(15-57)81-50/h10,19-25,27-54,57-58,60-72H,7-9,11-17H2,1-6H3,(H,73,74,75)/t19?,20?,21?,22-,23?,24+,25?,27?,28?,29?,30?,31+,32+,33+,34+,35-,36-,37?,38?,39?,40?,41?,42?,43?,44?,45?,46?,47?,48?,49-,50-,51+,52-,53-,54+,55+,56+/m0/s1. The lowest BCUT2D eigenvalue weighted by atomic mass is 9.48. The molecule has 0 spiro atoms. The van der Waals surface area contributed by atoms with Gasteiger partial charge < -0.3 is 133 Å². The van der Waals surface area contributed by atoms with Crippen LogP contribution in [-0.4, -0.2) is 306 Å². The van der Waals surface area contributed by atoms with E-state index < -0.39 is 232 Å². The van der Waals surface area contributed by atoms with Crippen LogP contribution in [0, 0.1) is 34.5 Å². The number of rotatable bonds is 17. The van der Waals surface area contributed by atoms with Crippen molar-refractivity contribution in [3.05, 3.63) is 11.6 Å². The van der Waals surface area contributed by atoms with Crippen LogP contribution in [0.4, 0.5) is 0 Å². The van der Waals surface area contributed by atoms with Crippen LogP contribution in [0.15, 0.2) is 11.6 Å². The van der Waals surface area contributed by atoms with Crippen LogP contribution in [-0.2, 0) is 76.2 Å². The fourth-order valence-corrected chi connectivity index (χ4v) is 16.4. The van der Waals surface area contributed by atoms with Crippen molar-refractivity contribution < 1.29 is 155 Å². The molecule has 0 aromatic carbocycles. The third kappa shape index (κ3) is 13.4. The molecule has 9 fully saturated rings. The van der Waals surface area contributed by atoms with Gasteiger partial charge in [-0.1, -0.05) is 25.5 Å². The quantitative estimate of drug-likeness (QED) is 0.0476. The van der Waals surface area contributed by atoms with Gasteiger partial charge in [0.15, 0.2) is 37.7 Å². The molecule has 0 aromatic heterocycles. The first-order valence-electron chi connectivity index (χ1n) is 30.6. The SMILES string of the molecule is CC(=O)[C@H]1CCC2C3CC(O[C@H]4OC(C)[C@@H](O)C(O[C@@H]5OC[C@@H](O[C@H]6OC(CO)[C@H](O)C(O)C6O[C@@H]6OC(C)[C@@H](O)C(O[C@@H]7OC(CO)[C@H](O)C(O)C7O)C6O)C(O)C5O[C@@H]5OC(C)[C@@H](O)C(O)C5O)C4O)C4C[C@@H](OS(=O)(=O)O)CC[C@]4(C)C3=CC[C@@]21C. The number of aliphatic hydroxyl groups excluding tert-OH is 15. The van der Waals surface area contributed by atoms with Crippen molar-refractivity contribution in [1.29, 1.82) is 0 Å². The molecule has 33 heteroatoms. The smallest absolute Gasteiger partial charge is 0.394 e. The molecule has 10 aliphatic rings. The van der Waals surface area contributed by atoms with Crippen molar-refractivity contribution in [3.8, 4) is 0 Å². The predicted octanol–water partition coefficient (Wildman–Crippen LogP) is -6.02. The van der Waals surface area contributed by atoms with Crippen LogP contribution in [0.25, 0.3) is 0 Å². The first-order valence-corrected chi connectivity index (χ1v) is 31.9. The Labute approximate surface area is 512 Å². The fraction of sp³-hybridized carbons (Fsp3) is 0.946. The molecule has 89 heavy (non-hydrogen) atoms. The molecule has 0 bridgehead atoms. The van der Waals surface area contributed by atoms with Crippen LogP contribution in [0.2, 0.25) is 0 Å². The number of ketones is 1. The summed E-state index contributed by atoms with van der Waals surface area (Å²) in [4.78, 5) is 13.1. The van der Waals surface area contributed by atoms with Gasteiger partial charge >= 0.3 is 10.4 Å². The van der Waals surface area contributed by atoms with Crippen LogP contribution in [0.1, 0.15) is 86.5 Å². The van der Waals surface area contributed by atoms with E-state index in [0.29, 0.717) is 25.7 Å². The molecule has 0 radical (unpaired) electrons. The normalized spacial score (nSPS) is 53.9. The van der Waals surface area contributed by atoms with Gasteiger partial charge in [0, 0.05) is 5.92 Å². The van der Waals surface area contributed by atoms with Gasteiger partial charge in [-0.2, -0.15) is 8.42 Å². The van der Waals surface area contributed by atoms with E-state index in [1.807, 2.05) is 0 Å². The third-order valence-corrected chi connectivity index (χ3v) is 21.5. The zero-order chi connectivity index (χ0) is 64.8. The van der Waals surface area contributed by atoms with E-state index in [4.69, 9.17) is 61.0 Å². The van der Waals surface area contributed by atoms with E-state index in [1.165, 1.54) is 20.8 Å². The third-order valence-electron chi connectivity index (χ3n) is 21.0. The average molecular weight is 1310 g/mol. The topological polar surface area (TPSA) is 495 Å². The lowest BCUT2D eigenvalue weighted by Gasteiger charge is -2.59. The summed E-state index contributed by atoms with van der Waals surface area (Å²) in [7, 11) is -4.88. The molecule has 6 aliphatic heterocycles. The minimum atomic E-state index is -4.88. The Hall–Kier alpha value is -1.80. The number of carbonyl (C=O) groups is 1. The second kappa shape index (κ2) is 27.4. The van der Waals surface area contributed by atoms with Gasteiger partial charge in [-0.25, -0.2) is 4.18 Å². The Morgan fingerprint density at radius 3 is 1.58 bits per heavy atom. The van der Waals surface area contributed by atoms with Crippen molar-refractivity contribution in [2.75, 3.05) is 19.8 Å². The Morgan fingerprint density at radius 1 is 0.528 bits per heavy atom. The minimum absolute atomic E-state index is 0.0527. The molecule has 37 atom stereocenters. The highest BCUT2D eigenvalue weighted by Gasteiger charge is 2.63. The van der Waals surface area contributed by atoms with Crippen molar-refractivity contribution in [3.63, 3.8) is 0 Å². The molecule has 10 rings (SSSR count). The maximum atomic E-state index is 13.1. The minimum Gasteiger partial charge on any atom is -0.394 e. The monoisotopic (exact) mass is 1310 g/mol. The Kier molecular flexibility index (Phi) is 21.5. The highest BCUT2D eigenvalue weighted by Crippen LogP contribution is 2.66. The van der Waals surface area contributed by atoms with Gasteiger partial charge in [-0.05, 0) is 101 Å². The number of Topliss-reactive ketones (excluding diaryl/α,β-unsaturated/α-hetero) is 1. The lowest BCUT2D eigenvalue weighted by Crippen LogP contribution is -2.67. The summed E-state index contributed by atoms with van der Waals surface area (Å²) in [5, 5.41) is 166. The first-order chi connectivity index (χ1) is 41.8. The molecule has 16 N–H and O–H groups in total. The maximum Gasteiger partial charge on any atom is 0.397 e. The molecule has 512 valence electrons. The largest absolute Gasteiger partial charge is 0.397 e. The molecule has 6 saturated heterocycles. The van der Waals surface area contributed by atoms with E-state index in [1.54, 1.807) is 6.92 Å². The second-order valence-electron chi connectivity index (χ2n) is 26.4. The summed E-state index contributed by atoms with van der Waals surface area (Å²) >= 11 is 0. The summed E-state index contributed by atoms with van der Waals surface area (Å²) < 4.78 is 112. The summed E-state index contributed by atoms with van der Waals surface area (Å²) in [5.74, 6) is -0.640. The Balaban J connectivity index is 0.901. The number of hydrogen-bond donors (Lipinski definition) is 16. The highest BCUT2D eigenvalue weighted by atomic mass is 32.3. The molecular weight excluding hydrogens is 1220 g/mol. The van der Waals surface area contributed by atoms with Crippen molar-refractivity contribution in [1.82, 2.24) is 0 Å². The van der Waals surface area contributed by atoms with Crippen molar-refractivity contribution >= 4 is 16.2 Å². The molecular formula is C56H90O32S. The van der Waals surface area contributed by atoms with Crippen molar-refractivity contribution in [2.45, 2.75) is 277 Å². The molecule has 32 nitrogen and oxygen atoms in total. The van der Waals surface area contributed by atoms with E-state index in [0.717, 1.165) is 12.0 Å². The van der Waals surface area contributed by atoms with Gasteiger partial charge in [0.25, 0.3) is 0 Å². The zero-order valence-corrected chi connectivity index (χ0v) is 50.8. The van der Waals surface area contributed by atoms with Crippen LogP contribution < -0.4 is 0 Å². The van der Waals surface area contributed by atoms with Gasteiger partial charge in [0.05, 0.1) is 50.3 Å². The molecule has 0 amide bonds. The summed E-state index contributed by atoms with van der Waals surface area (Å²) in [6.07, 6.45) is -48.1. The fourth-order valence-electron chi connectivity index (χ4n) is 15.8. The molecule has 4 aliphatic carbocycles. The molecule has 6 heterocycles. The number of aliphatic hydroxyl groups is 15. The second-order valence-corrected chi connectivity index (χ2v) is 27.5. The summed E-state index contributed by atoms with van der Waals surface area (Å²) in [6, 6.07) is 0. The summed E-state index contributed by atoms with van der Waals surface area (Å²) in [6.45, 7) is 7.42. The summed E-state index contributed by atoms with van der Waals surface area (Å²) in [5.41, 5.74) is 0.164. The average Bonchev–Trinajstić information content (AvgIpc) is 1.71. The zero-order valence-electron chi connectivity index (χ0n) is 50.0. The highest BCUT2D eigenvalue weighted by molar-refractivity contribution is 7.80.